The van der Waals surface area contributed by atoms with Crippen molar-refractivity contribution in [3.8, 4) is 135 Å². The molecule has 6 heterocycles. The van der Waals surface area contributed by atoms with Crippen molar-refractivity contribution < 1.29 is 8.83 Å². The van der Waals surface area contributed by atoms with Gasteiger partial charge in [0.05, 0.1) is 22.1 Å². The van der Waals surface area contributed by atoms with Crippen molar-refractivity contribution in [3.63, 3.8) is 0 Å². The van der Waals surface area contributed by atoms with Crippen LogP contribution in [0.3, 0.4) is 0 Å². The molecule has 0 unspecified atom stereocenters. The van der Waals surface area contributed by atoms with Crippen LogP contribution in [0, 0.1) is 0 Å². The Morgan fingerprint density at radius 2 is 0.407 bits per heavy atom. The molecule has 23 rings (SSSR count). The summed E-state index contributed by atoms with van der Waals surface area (Å²) in [6, 6.07) is 144. The Morgan fingerprint density at radius 1 is 0.161 bits per heavy atom. The summed E-state index contributed by atoms with van der Waals surface area (Å²) in [6.07, 6.45) is 0. The van der Waals surface area contributed by atoms with Gasteiger partial charge >= 0.3 is 0 Å². The number of para-hydroxylation sites is 4. The third kappa shape index (κ3) is 12.5. The third-order valence-corrected chi connectivity index (χ3v) is 22.5. The van der Waals surface area contributed by atoms with Crippen LogP contribution in [0.25, 0.3) is 223 Å². The van der Waals surface area contributed by atoms with E-state index in [-0.39, 0.29) is 0 Å². The Balaban J connectivity index is 0.000000143. The van der Waals surface area contributed by atoms with Gasteiger partial charge in [-0.3, -0.25) is 0 Å². The molecule has 0 atom stereocenters. The van der Waals surface area contributed by atoms with Crippen LogP contribution >= 0.6 is 0 Å². The molecule has 0 bridgehead atoms. The van der Waals surface area contributed by atoms with E-state index in [9.17, 15) is 0 Å². The zero-order valence-electron chi connectivity index (χ0n) is 63.7. The molecule has 118 heavy (non-hydrogen) atoms. The quantitative estimate of drug-likeness (QED) is 0.112. The van der Waals surface area contributed by atoms with Gasteiger partial charge in [0.15, 0.2) is 34.9 Å². The number of nitrogens with zero attached hydrogens (tertiary/aromatic N) is 8. The van der Waals surface area contributed by atoms with Gasteiger partial charge in [0.1, 0.15) is 22.3 Å². The van der Waals surface area contributed by atoms with Crippen molar-refractivity contribution in [2.24, 2.45) is 0 Å². The van der Waals surface area contributed by atoms with Crippen molar-refractivity contribution >= 4 is 87.5 Å². The molecule has 23 aromatic rings. The summed E-state index contributed by atoms with van der Waals surface area (Å²) in [5, 5.41) is 9.03. The number of benzene rings is 17. The van der Waals surface area contributed by atoms with Crippen LogP contribution in [-0.2, 0) is 0 Å². The minimum atomic E-state index is 0.567. The highest BCUT2D eigenvalue weighted by Gasteiger charge is 2.24. The Morgan fingerprint density at radius 3 is 0.720 bits per heavy atom. The maximum Gasteiger partial charge on any atom is 0.164 e. The maximum absolute atomic E-state index is 6.93. The Labute approximate surface area is 678 Å². The minimum Gasteiger partial charge on any atom is -0.455 e. The number of rotatable bonds is 13. The zero-order chi connectivity index (χ0) is 78.0. The summed E-state index contributed by atoms with van der Waals surface area (Å²) in [4.78, 5) is 30.6. The lowest BCUT2D eigenvalue weighted by molar-refractivity contribution is 0.669. The lowest BCUT2D eigenvalue weighted by Gasteiger charge is -2.11. The van der Waals surface area contributed by atoms with Crippen LogP contribution in [0.15, 0.2) is 421 Å². The first-order valence-corrected chi connectivity index (χ1v) is 39.6. The average molecular weight is 1510 g/mol. The highest BCUT2D eigenvalue weighted by Crippen LogP contribution is 2.45. The Kier molecular flexibility index (Phi) is 17.0. The molecule has 6 aromatic heterocycles. The summed E-state index contributed by atoms with van der Waals surface area (Å²) in [5.74, 6) is 3.56. The highest BCUT2D eigenvalue weighted by atomic mass is 16.3. The molecule has 0 saturated heterocycles. The van der Waals surface area contributed by atoms with E-state index in [4.69, 9.17) is 38.7 Å². The summed E-state index contributed by atoms with van der Waals surface area (Å²) in [5.41, 5.74) is 26.3. The molecule has 0 aliphatic rings. The SMILES string of the molecule is c1ccc(-c2cccc(-c3nc(-c4cccc(-c5ccccc5)c4)nc(-c4ccc5c(c4)oc4c(-c6ccccc6)cc(-n6c7ccccc7c7ccccc76)cc45)n3)c2)cc1.c1ccc(-c2cccc(-c3nc(-c4ccccc4)nc(-c4ccc5c(c4)oc4c(-c6ccccc6)cc(-n6c7ccccc7c7ccccc76)cc45)n3)c2)cc1. The van der Waals surface area contributed by atoms with Gasteiger partial charge in [-0.1, -0.05) is 322 Å². The number of hydrogen-bond acceptors (Lipinski definition) is 8. The number of fused-ring (bicyclic) bond motifs is 12. The van der Waals surface area contributed by atoms with Crippen LogP contribution in [0.4, 0.5) is 0 Å². The molecule has 0 aliphatic carbocycles. The van der Waals surface area contributed by atoms with E-state index >= 15 is 0 Å². The monoisotopic (exact) mass is 1510 g/mol. The van der Waals surface area contributed by atoms with E-state index in [2.05, 4.69) is 367 Å². The van der Waals surface area contributed by atoms with Crippen LogP contribution in [0.2, 0.25) is 0 Å². The number of hydrogen-bond donors (Lipinski definition) is 0. The third-order valence-electron chi connectivity index (χ3n) is 22.5. The molecule has 10 heteroatoms. The normalized spacial score (nSPS) is 11.6. The van der Waals surface area contributed by atoms with Crippen molar-refractivity contribution in [3.05, 3.63) is 413 Å². The summed E-state index contributed by atoms with van der Waals surface area (Å²) in [6.45, 7) is 0. The van der Waals surface area contributed by atoms with E-state index in [1.54, 1.807) is 0 Å². The van der Waals surface area contributed by atoms with Crippen LogP contribution in [0.5, 0.6) is 0 Å². The molecule has 0 saturated carbocycles. The fourth-order valence-corrected chi connectivity index (χ4v) is 16.8. The van der Waals surface area contributed by atoms with Crippen molar-refractivity contribution in [1.29, 1.82) is 0 Å². The first kappa shape index (κ1) is 68.7. The fourth-order valence-electron chi connectivity index (χ4n) is 16.8. The molecule has 0 radical (unpaired) electrons. The van der Waals surface area contributed by atoms with Gasteiger partial charge in [0.25, 0.3) is 0 Å². The molecule has 552 valence electrons. The summed E-state index contributed by atoms with van der Waals surface area (Å²) < 4.78 is 18.5. The van der Waals surface area contributed by atoms with Crippen LogP contribution in [0.1, 0.15) is 0 Å². The first-order chi connectivity index (χ1) is 58.5. The molecule has 0 fully saturated rings. The Hall–Kier alpha value is -16.0. The molecular formula is C108H68N8O2. The van der Waals surface area contributed by atoms with Gasteiger partial charge in [0.2, 0.25) is 0 Å². The lowest BCUT2D eigenvalue weighted by Crippen LogP contribution is -2.00. The molecule has 0 spiro atoms. The zero-order valence-corrected chi connectivity index (χ0v) is 63.7. The predicted molar refractivity (Wildman–Crippen MR) is 483 cm³/mol. The maximum atomic E-state index is 6.93. The fraction of sp³-hybridized carbons (Fsp3) is 0. The van der Waals surface area contributed by atoms with Gasteiger partial charge in [-0.25, -0.2) is 29.9 Å². The molecule has 17 aromatic carbocycles. The second-order valence-corrected chi connectivity index (χ2v) is 29.7. The van der Waals surface area contributed by atoms with Gasteiger partial charge in [0, 0.05) is 99.0 Å². The number of aromatic nitrogens is 8. The van der Waals surface area contributed by atoms with Crippen LogP contribution in [-0.4, -0.2) is 39.0 Å². The Bertz CT molecular complexity index is 7580. The van der Waals surface area contributed by atoms with Gasteiger partial charge in [-0.2, -0.15) is 0 Å². The summed E-state index contributed by atoms with van der Waals surface area (Å²) >= 11 is 0. The topological polar surface area (TPSA) is 113 Å². The van der Waals surface area contributed by atoms with E-state index in [0.717, 1.165) is 166 Å². The standard InChI is InChI=1S/C57H36N4O.C51H32N4O/c1-4-16-37(17-5-1)40-22-14-24-42(32-40)55-58-56(43-25-15-23-41(33-43)38-18-6-2-7-19-38)60-57(59-55)44-30-31-48-50-36-45(35-49(39-20-8-3-9-21-39)54(50)62-53(48)34-44)61-51-28-12-10-26-46(51)47-27-11-13-29-52(47)61;1-4-15-33(16-5-1)36-21-14-22-37(29-36)50-52-49(35-19-8-3-9-20-35)53-51(54-50)38-27-28-42-44-32-39(31-43(34-17-6-2-7-18-34)48(44)56-47(42)30-38)55-45-25-12-10-23-40(45)41-24-11-13-26-46(41)55/h1-36H;1-32H. The van der Waals surface area contributed by atoms with Crippen molar-refractivity contribution in [1.82, 2.24) is 39.0 Å². The summed E-state index contributed by atoms with van der Waals surface area (Å²) in [7, 11) is 0. The number of furan rings is 2. The minimum absolute atomic E-state index is 0.567. The molecule has 0 aliphatic heterocycles. The lowest BCUT2D eigenvalue weighted by atomic mass is 10.0. The molecule has 0 N–H and O–H groups in total. The van der Waals surface area contributed by atoms with Crippen molar-refractivity contribution in [2.45, 2.75) is 0 Å². The molecular weight excluding hydrogens is 1440 g/mol. The second kappa shape index (κ2) is 29.2. The molecule has 0 amide bonds. The van der Waals surface area contributed by atoms with Crippen LogP contribution < -0.4 is 0 Å². The molecule has 10 nitrogen and oxygen atoms in total. The average Bonchev–Trinajstić information content (AvgIpc) is 1.58. The van der Waals surface area contributed by atoms with Gasteiger partial charge in [-0.05, 0) is 136 Å². The van der Waals surface area contributed by atoms with E-state index < -0.39 is 0 Å². The van der Waals surface area contributed by atoms with E-state index in [1.165, 1.54) is 21.5 Å². The first-order valence-electron chi connectivity index (χ1n) is 39.6. The van der Waals surface area contributed by atoms with Gasteiger partial charge < -0.3 is 18.0 Å². The van der Waals surface area contributed by atoms with Gasteiger partial charge in [-0.15, -0.1) is 0 Å². The van der Waals surface area contributed by atoms with E-state index in [1.807, 2.05) is 54.6 Å². The smallest absolute Gasteiger partial charge is 0.164 e. The van der Waals surface area contributed by atoms with E-state index in [0.29, 0.717) is 34.9 Å². The highest BCUT2D eigenvalue weighted by molar-refractivity contribution is 6.16. The second-order valence-electron chi connectivity index (χ2n) is 29.7. The van der Waals surface area contributed by atoms with Crippen molar-refractivity contribution in [2.75, 3.05) is 0 Å². The predicted octanol–water partition coefficient (Wildman–Crippen LogP) is 28.1. The largest absolute Gasteiger partial charge is 0.455 e.